The maximum Gasteiger partial charge on any atom is 0.269 e. The largest absolute Gasteiger partial charge is 0.369 e. The molecule has 2 aromatic carbocycles. The summed E-state index contributed by atoms with van der Waals surface area (Å²) in [5.41, 5.74) is 1.84. The number of amides is 1. The zero-order chi connectivity index (χ0) is 22.5. The van der Waals surface area contributed by atoms with Crippen LogP contribution in [0, 0.1) is 17.6 Å². The number of hydrogen-bond donors (Lipinski definition) is 1. The van der Waals surface area contributed by atoms with E-state index in [0.29, 0.717) is 30.8 Å². The van der Waals surface area contributed by atoms with Crippen molar-refractivity contribution in [1.29, 1.82) is 0 Å². The first-order chi connectivity index (χ1) is 15.5. The lowest BCUT2D eigenvalue weighted by molar-refractivity contribution is -0.125. The summed E-state index contributed by atoms with van der Waals surface area (Å²) < 4.78 is 28.1. The molecule has 0 bridgehead atoms. The number of carbonyl (C=O) groups excluding carboxylic acids is 1. The molecule has 0 unspecified atom stereocenters. The van der Waals surface area contributed by atoms with E-state index >= 15 is 0 Å². The van der Waals surface area contributed by atoms with Gasteiger partial charge in [0.2, 0.25) is 5.91 Å². The third-order valence-electron chi connectivity index (χ3n) is 5.58. The van der Waals surface area contributed by atoms with Crippen LogP contribution in [0.3, 0.4) is 0 Å². The van der Waals surface area contributed by atoms with Gasteiger partial charge in [-0.3, -0.25) is 9.59 Å². The van der Waals surface area contributed by atoms with Gasteiger partial charge in [0, 0.05) is 31.8 Å². The highest BCUT2D eigenvalue weighted by Gasteiger charge is 2.26. The third kappa shape index (κ3) is 5.38. The molecule has 1 amide bonds. The molecule has 32 heavy (non-hydrogen) atoms. The molecular formula is C24H24F2N4O2. The number of carbonyl (C=O) groups is 1. The molecule has 0 saturated carbocycles. The van der Waals surface area contributed by atoms with Crippen LogP contribution >= 0.6 is 0 Å². The number of aromatic nitrogens is 2. The van der Waals surface area contributed by atoms with Gasteiger partial charge in [-0.2, -0.15) is 5.10 Å². The van der Waals surface area contributed by atoms with Crippen LogP contribution in [0.15, 0.2) is 65.6 Å². The Morgan fingerprint density at radius 3 is 2.53 bits per heavy atom. The molecule has 8 heteroatoms. The van der Waals surface area contributed by atoms with Gasteiger partial charge in [0.25, 0.3) is 5.56 Å². The summed E-state index contributed by atoms with van der Waals surface area (Å²) in [5, 5.41) is 7.06. The number of nitrogens with one attached hydrogen (secondary N) is 1. The fraction of sp³-hybridized carbons (Fsp3) is 0.292. The van der Waals surface area contributed by atoms with Crippen LogP contribution in [0.2, 0.25) is 0 Å². The molecule has 0 radical (unpaired) electrons. The summed E-state index contributed by atoms with van der Waals surface area (Å²) in [4.78, 5) is 27.2. The molecule has 0 aliphatic carbocycles. The lowest BCUT2D eigenvalue weighted by Gasteiger charge is -2.33. The average Bonchev–Trinajstić information content (AvgIpc) is 2.79. The van der Waals surface area contributed by atoms with Crippen molar-refractivity contribution in [2.75, 3.05) is 18.0 Å². The molecule has 0 spiro atoms. The number of nitrogens with zero attached hydrogens (tertiary/aromatic N) is 3. The van der Waals surface area contributed by atoms with Crippen LogP contribution in [-0.2, 0) is 17.9 Å². The summed E-state index contributed by atoms with van der Waals surface area (Å²) in [6.45, 7) is 1.63. The van der Waals surface area contributed by atoms with Gasteiger partial charge in [-0.25, -0.2) is 13.5 Å². The van der Waals surface area contributed by atoms with Gasteiger partial charge in [0.1, 0.15) is 11.6 Å². The van der Waals surface area contributed by atoms with Crippen LogP contribution < -0.4 is 15.8 Å². The highest BCUT2D eigenvalue weighted by molar-refractivity contribution is 5.79. The minimum absolute atomic E-state index is 0.0566. The lowest BCUT2D eigenvalue weighted by Crippen LogP contribution is -2.43. The van der Waals surface area contributed by atoms with E-state index in [4.69, 9.17) is 0 Å². The molecule has 2 heterocycles. The minimum Gasteiger partial charge on any atom is -0.369 e. The number of rotatable bonds is 6. The quantitative estimate of drug-likeness (QED) is 0.642. The smallest absolute Gasteiger partial charge is 0.269 e. The van der Waals surface area contributed by atoms with Crippen molar-refractivity contribution < 1.29 is 13.6 Å². The van der Waals surface area contributed by atoms with Crippen molar-refractivity contribution in [3.63, 3.8) is 0 Å². The SMILES string of the molecule is O=C(NCc1cc(F)cc(F)c1)[C@@H]1CCCN(c2cnn(Cc3ccccc3)c(=O)c2)C1. The van der Waals surface area contributed by atoms with E-state index in [1.807, 2.05) is 35.2 Å². The summed E-state index contributed by atoms with van der Waals surface area (Å²) in [6, 6.07) is 14.4. The van der Waals surface area contributed by atoms with Crippen LogP contribution in [0.4, 0.5) is 14.5 Å². The molecule has 1 aromatic heterocycles. The molecule has 1 N–H and O–H groups in total. The van der Waals surface area contributed by atoms with E-state index in [0.717, 1.165) is 24.6 Å². The topological polar surface area (TPSA) is 67.2 Å². The Labute approximate surface area is 184 Å². The van der Waals surface area contributed by atoms with Gasteiger partial charge in [-0.05, 0) is 36.1 Å². The Hall–Kier alpha value is -3.55. The predicted octanol–water partition coefficient (Wildman–Crippen LogP) is 3.10. The second kappa shape index (κ2) is 9.72. The van der Waals surface area contributed by atoms with Crippen molar-refractivity contribution in [2.24, 2.45) is 5.92 Å². The van der Waals surface area contributed by atoms with E-state index in [-0.39, 0.29) is 23.9 Å². The van der Waals surface area contributed by atoms with Crippen molar-refractivity contribution in [2.45, 2.75) is 25.9 Å². The molecule has 1 fully saturated rings. The van der Waals surface area contributed by atoms with E-state index in [1.54, 1.807) is 12.3 Å². The van der Waals surface area contributed by atoms with E-state index < -0.39 is 11.6 Å². The van der Waals surface area contributed by atoms with E-state index in [2.05, 4.69) is 10.4 Å². The monoisotopic (exact) mass is 438 g/mol. The van der Waals surface area contributed by atoms with Gasteiger partial charge < -0.3 is 10.2 Å². The second-order valence-corrected chi connectivity index (χ2v) is 7.98. The zero-order valence-corrected chi connectivity index (χ0v) is 17.5. The third-order valence-corrected chi connectivity index (χ3v) is 5.58. The van der Waals surface area contributed by atoms with Crippen LogP contribution in [0.1, 0.15) is 24.0 Å². The van der Waals surface area contributed by atoms with Gasteiger partial charge in [0.05, 0.1) is 24.3 Å². The first-order valence-corrected chi connectivity index (χ1v) is 10.6. The lowest BCUT2D eigenvalue weighted by atomic mass is 9.96. The Balaban J connectivity index is 1.38. The van der Waals surface area contributed by atoms with Crippen LogP contribution in [-0.4, -0.2) is 28.8 Å². The molecular weight excluding hydrogens is 414 g/mol. The molecule has 1 atom stereocenters. The average molecular weight is 438 g/mol. The predicted molar refractivity (Wildman–Crippen MR) is 117 cm³/mol. The van der Waals surface area contributed by atoms with E-state index in [9.17, 15) is 18.4 Å². The van der Waals surface area contributed by atoms with Crippen molar-refractivity contribution in [1.82, 2.24) is 15.1 Å². The Bertz CT molecular complexity index is 1130. The summed E-state index contributed by atoms with van der Waals surface area (Å²) >= 11 is 0. The Morgan fingerprint density at radius 1 is 1.06 bits per heavy atom. The number of anilines is 1. The molecule has 4 rings (SSSR count). The molecule has 1 aliphatic heterocycles. The standard InChI is InChI=1S/C24H24F2N4O2/c25-20-9-18(10-21(26)11-20)13-27-24(32)19-7-4-8-29(16-19)22-12-23(31)30(28-14-22)15-17-5-2-1-3-6-17/h1-3,5-6,9-12,14,19H,4,7-8,13,15-16H2,(H,27,32)/t19-/m1/s1. The minimum atomic E-state index is -0.674. The van der Waals surface area contributed by atoms with Gasteiger partial charge >= 0.3 is 0 Å². The number of piperidine rings is 1. The van der Waals surface area contributed by atoms with Crippen molar-refractivity contribution in [3.05, 3.63) is 93.9 Å². The second-order valence-electron chi connectivity index (χ2n) is 7.98. The van der Waals surface area contributed by atoms with Crippen molar-refractivity contribution in [3.8, 4) is 0 Å². The highest BCUT2D eigenvalue weighted by atomic mass is 19.1. The number of benzene rings is 2. The molecule has 1 aliphatic rings. The Kier molecular flexibility index (Phi) is 6.58. The van der Waals surface area contributed by atoms with Gasteiger partial charge in [0.15, 0.2) is 0 Å². The summed E-state index contributed by atoms with van der Waals surface area (Å²) in [5.74, 6) is -1.81. The Morgan fingerprint density at radius 2 is 1.81 bits per heavy atom. The fourth-order valence-electron chi connectivity index (χ4n) is 3.94. The maximum absolute atomic E-state index is 13.3. The molecule has 166 valence electrons. The number of halogens is 2. The first kappa shape index (κ1) is 21.7. The molecule has 3 aromatic rings. The molecule has 6 nitrogen and oxygen atoms in total. The maximum atomic E-state index is 13.3. The van der Waals surface area contributed by atoms with Crippen LogP contribution in [0.25, 0.3) is 0 Å². The van der Waals surface area contributed by atoms with Gasteiger partial charge in [-0.1, -0.05) is 30.3 Å². The highest BCUT2D eigenvalue weighted by Crippen LogP contribution is 2.22. The zero-order valence-electron chi connectivity index (χ0n) is 17.5. The van der Waals surface area contributed by atoms with Crippen LogP contribution in [0.5, 0.6) is 0 Å². The summed E-state index contributed by atoms with van der Waals surface area (Å²) in [6.07, 6.45) is 3.15. The van der Waals surface area contributed by atoms with E-state index in [1.165, 1.54) is 16.8 Å². The first-order valence-electron chi connectivity index (χ1n) is 10.6. The summed E-state index contributed by atoms with van der Waals surface area (Å²) in [7, 11) is 0. The normalized spacial score (nSPS) is 16.1. The fourth-order valence-corrected chi connectivity index (χ4v) is 3.94. The molecule has 1 saturated heterocycles. The van der Waals surface area contributed by atoms with Crippen molar-refractivity contribution >= 4 is 11.6 Å². The number of hydrogen-bond acceptors (Lipinski definition) is 4. The van der Waals surface area contributed by atoms with Gasteiger partial charge in [-0.15, -0.1) is 0 Å².